The van der Waals surface area contributed by atoms with Crippen molar-refractivity contribution >= 4 is 8.32 Å². The van der Waals surface area contributed by atoms with E-state index < -0.39 is 8.32 Å². The van der Waals surface area contributed by atoms with Gasteiger partial charge in [-0.05, 0) is 36.2 Å². The molecule has 0 aliphatic heterocycles. The average Bonchev–Trinajstić information content (AvgIpc) is 2.24. The molecule has 0 bridgehead atoms. The monoisotopic (exact) mass is 269 g/mol. The van der Waals surface area contributed by atoms with Crippen LogP contribution in [0.4, 0.5) is 0 Å². The van der Waals surface area contributed by atoms with Crippen LogP contribution in [0.2, 0.25) is 18.1 Å². The summed E-state index contributed by atoms with van der Waals surface area (Å²) in [7, 11) is -1.83. The number of aliphatic hydroxyl groups excluding tert-OH is 1. The van der Waals surface area contributed by atoms with E-state index in [2.05, 4.69) is 39.9 Å². The Labute approximate surface area is 112 Å². The molecule has 1 rings (SSSR count). The van der Waals surface area contributed by atoms with Crippen molar-refractivity contribution in [2.45, 2.75) is 57.8 Å². The molecule has 1 aliphatic rings. The van der Waals surface area contributed by atoms with Crippen LogP contribution < -0.4 is 5.73 Å². The van der Waals surface area contributed by atoms with E-state index in [1.165, 1.54) is 0 Å². The number of hydrogen-bond donors (Lipinski definition) is 2. The predicted octanol–water partition coefficient (Wildman–Crippen LogP) is 3.50. The van der Waals surface area contributed by atoms with Crippen LogP contribution in [0.25, 0.3) is 0 Å². The molecule has 0 heterocycles. The molecule has 18 heavy (non-hydrogen) atoms. The molecule has 0 saturated carbocycles. The van der Waals surface area contributed by atoms with E-state index in [-0.39, 0.29) is 11.1 Å². The van der Waals surface area contributed by atoms with Gasteiger partial charge < -0.3 is 15.3 Å². The third-order valence-corrected chi connectivity index (χ3v) is 8.43. The summed E-state index contributed by atoms with van der Waals surface area (Å²) in [5.41, 5.74) is 6.88. The molecule has 0 aromatic rings. The fraction of sp³-hybridized carbons (Fsp3) is 0.714. The highest BCUT2D eigenvalue weighted by molar-refractivity contribution is 6.74. The van der Waals surface area contributed by atoms with Crippen molar-refractivity contribution in [3.8, 4) is 0 Å². The Balaban J connectivity index is 2.83. The fourth-order valence-electron chi connectivity index (χ4n) is 1.72. The van der Waals surface area contributed by atoms with E-state index in [4.69, 9.17) is 10.2 Å². The van der Waals surface area contributed by atoms with Crippen molar-refractivity contribution in [1.29, 1.82) is 0 Å². The van der Waals surface area contributed by atoms with Crippen molar-refractivity contribution in [1.82, 2.24) is 0 Å². The van der Waals surface area contributed by atoms with E-state index in [0.29, 0.717) is 12.3 Å². The molecule has 0 aromatic carbocycles. The van der Waals surface area contributed by atoms with Crippen LogP contribution >= 0.6 is 0 Å². The first kappa shape index (κ1) is 15.5. The van der Waals surface area contributed by atoms with Crippen LogP contribution in [-0.4, -0.2) is 26.1 Å². The lowest BCUT2D eigenvalue weighted by atomic mass is 10.0. The topological polar surface area (TPSA) is 55.5 Å². The molecule has 0 radical (unpaired) electrons. The van der Waals surface area contributed by atoms with E-state index in [1.54, 1.807) is 0 Å². The van der Waals surface area contributed by atoms with E-state index >= 15 is 0 Å². The molecule has 3 N–H and O–H groups in total. The van der Waals surface area contributed by atoms with Gasteiger partial charge >= 0.3 is 0 Å². The van der Waals surface area contributed by atoms with Crippen LogP contribution in [0, 0.1) is 0 Å². The molecule has 0 aromatic heterocycles. The minimum absolute atomic E-state index is 0.0895. The largest absolute Gasteiger partial charge is 0.512 e. The Morgan fingerprint density at radius 3 is 2.50 bits per heavy atom. The first-order chi connectivity index (χ1) is 8.17. The highest BCUT2D eigenvalue weighted by Crippen LogP contribution is 2.38. The molecule has 1 atom stereocenters. The lowest BCUT2D eigenvalue weighted by Crippen LogP contribution is -2.46. The van der Waals surface area contributed by atoms with Gasteiger partial charge in [-0.2, -0.15) is 0 Å². The Kier molecular flexibility index (Phi) is 4.81. The second kappa shape index (κ2) is 5.59. The van der Waals surface area contributed by atoms with Gasteiger partial charge in [0.05, 0.1) is 11.9 Å². The molecule has 0 amide bonds. The lowest BCUT2D eigenvalue weighted by Gasteiger charge is -2.39. The van der Waals surface area contributed by atoms with Gasteiger partial charge in [-0.3, -0.25) is 0 Å². The minimum Gasteiger partial charge on any atom is -0.512 e. The third kappa shape index (κ3) is 3.70. The minimum atomic E-state index is -1.83. The molecule has 4 heteroatoms. The van der Waals surface area contributed by atoms with Gasteiger partial charge in [-0.25, -0.2) is 0 Å². The molecular weight excluding hydrogens is 242 g/mol. The second-order valence-electron chi connectivity index (χ2n) is 6.48. The van der Waals surface area contributed by atoms with Crippen LogP contribution in [0.5, 0.6) is 0 Å². The third-order valence-electron chi connectivity index (χ3n) is 3.94. The number of hydrogen-bond acceptors (Lipinski definition) is 3. The van der Waals surface area contributed by atoms with Crippen molar-refractivity contribution in [3.63, 3.8) is 0 Å². The Bertz CT molecular complexity index is 353. The molecule has 3 nitrogen and oxygen atoms in total. The maximum atomic E-state index is 9.62. The van der Waals surface area contributed by atoms with Crippen molar-refractivity contribution < 1.29 is 9.53 Å². The summed E-state index contributed by atoms with van der Waals surface area (Å²) in [6.07, 6.45) is 5.45. The molecule has 0 fully saturated rings. The highest BCUT2D eigenvalue weighted by Gasteiger charge is 2.39. The maximum Gasteiger partial charge on any atom is 0.192 e. The molecule has 0 unspecified atom stereocenters. The van der Waals surface area contributed by atoms with Crippen molar-refractivity contribution in [3.05, 3.63) is 23.5 Å². The number of nitrogens with two attached hydrogens (primary N) is 1. The van der Waals surface area contributed by atoms with Crippen LogP contribution in [0.3, 0.4) is 0 Å². The van der Waals surface area contributed by atoms with Crippen molar-refractivity contribution in [2.75, 3.05) is 6.54 Å². The second-order valence-corrected chi connectivity index (χ2v) is 11.2. The normalized spacial score (nSPS) is 19.2. The van der Waals surface area contributed by atoms with Gasteiger partial charge in [0.15, 0.2) is 8.32 Å². The van der Waals surface area contributed by atoms with Gasteiger partial charge in [0.2, 0.25) is 0 Å². The Hall–Kier alpha value is -0.583. The first-order valence-corrected chi connectivity index (χ1v) is 9.55. The molecule has 0 saturated heterocycles. The molecule has 1 aliphatic carbocycles. The van der Waals surface area contributed by atoms with Crippen LogP contribution in [-0.2, 0) is 4.43 Å². The Morgan fingerprint density at radius 1 is 1.44 bits per heavy atom. The van der Waals surface area contributed by atoms with Crippen molar-refractivity contribution in [2.24, 2.45) is 5.73 Å². The Morgan fingerprint density at radius 2 is 2.06 bits per heavy atom. The summed E-state index contributed by atoms with van der Waals surface area (Å²) in [6.45, 7) is 11.6. The van der Waals surface area contributed by atoms with Gasteiger partial charge in [-0.1, -0.05) is 26.8 Å². The lowest BCUT2D eigenvalue weighted by molar-refractivity contribution is 0.222. The quantitative estimate of drug-likeness (QED) is 0.768. The van der Waals surface area contributed by atoms with Gasteiger partial charge in [-0.15, -0.1) is 0 Å². The summed E-state index contributed by atoms with van der Waals surface area (Å²) in [6, 6.07) is 0. The number of allylic oxidation sites excluding steroid dienone is 2. The summed E-state index contributed by atoms with van der Waals surface area (Å²) >= 11 is 0. The number of rotatable bonds is 4. The smallest absolute Gasteiger partial charge is 0.192 e. The summed E-state index contributed by atoms with van der Waals surface area (Å²) < 4.78 is 6.33. The van der Waals surface area contributed by atoms with E-state index in [1.807, 2.05) is 6.08 Å². The van der Waals surface area contributed by atoms with E-state index in [0.717, 1.165) is 18.4 Å². The zero-order valence-electron chi connectivity index (χ0n) is 12.3. The predicted molar refractivity (Wildman–Crippen MR) is 79.2 cm³/mol. The van der Waals surface area contributed by atoms with Gasteiger partial charge in [0.25, 0.3) is 0 Å². The zero-order valence-corrected chi connectivity index (χ0v) is 13.3. The average molecular weight is 269 g/mol. The summed E-state index contributed by atoms with van der Waals surface area (Å²) in [5.74, 6) is 0.435. The first-order valence-electron chi connectivity index (χ1n) is 6.65. The van der Waals surface area contributed by atoms with Gasteiger partial charge in [0, 0.05) is 13.0 Å². The number of aliphatic hydroxyl groups is 1. The zero-order chi connectivity index (χ0) is 14.0. The van der Waals surface area contributed by atoms with Crippen LogP contribution in [0.15, 0.2) is 23.5 Å². The fourth-order valence-corrected chi connectivity index (χ4v) is 3.02. The highest BCUT2D eigenvalue weighted by atomic mass is 28.4. The SMILES string of the molecule is CC(C)(C)[Si](C)(C)O[C@@H](CN)C1=CCCC(O)=C1. The maximum absolute atomic E-state index is 9.62. The molecule has 104 valence electrons. The van der Waals surface area contributed by atoms with Gasteiger partial charge in [0.1, 0.15) is 0 Å². The summed E-state index contributed by atoms with van der Waals surface area (Å²) in [5, 5.41) is 9.79. The standard InChI is InChI=1S/C14H27NO2Si/c1-14(2,3)18(4,5)17-13(10-15)11-7-6-8-12(16)9-11/h7,9,13,16H,6,8,10,15H2,1-5H3/t13-/m0/s1. The van der Waals surface area contributed by atoms with Crippen LogP contribution in [0.1, 0.15) is 33.6 Å². The molecular formula is C14H27NO2Si. The summed E-state index contributed by atoms with van der Waals surface area (Å²) in [4.78, 5) is 0. The molecule has 0 spiro atoms. The van der Waals surface area contributed by atoms with E-state index in [9.17, 15) is 5.11 Å².